The molecule has 33 heavy (non-hydrogen) atoms. The molecule has 11 heteroatoms. The van der Waals surface area contributed by atoms with Crippen molar-refractivity contribution in [2.24, 2.45) is 0 Å². The number of halogens is 2. The van der Waals surface area contributed by atoms with Crippen LogP contribution in [0.4, 0.5) is 13.6 Å². The molecule has 1 fully saturated rings. The van der Waals surface area contributed by atoms with E-state index < -0.39 is 23.1 Å². The van der Waals surface area contributed by atoms with Gasteiger partial charge in [-0.2, -0.15) is 0 Å². The number of piperidine rings is 1. The van der Waals surface area contributed by atoms with Crippen LogP contribution in [0.25, 0.3) is 27.9 Å². The van der Waals surface area contributed by atoms with Crippen molar-refractivity contribution < 1.29 is 18.7 Å². The van der Waals surface area contributed by atoms with E-state index >= 15 is 4.39 Å². The van der Waals surface area contributed by atoms with Gasteiger partial charge in [0.2, 0.25) is 0 Å². The summed E-state index contributed by atoms with van der Waals surface area (Å²) in [4.78, 5) is 40.5. The zero-order valence-corrected chi connectivity index (χ0v) is 17.9. The summed E-state index contributed by atoms with van der Waals surface area (Å²) in [6.07, 6.45) is 2.04. The molecule has 9 nitrogen and oxygen atoms in total. The Kier molecular flexibility index (Phi) is 4.66. The van der Waals surface area contributed by atoms with Gasteiger partial charge < -0.3 is 19.4 Å². The Bertz CT molecular complexity index is 1490. The summed E-state index contributed by atoms with van der Waals surface area (Å²) >= 11 is 0. The van der Waals surface area contributed by atoms with Crippen molar-refractivity contribution in [1.29, 1.82) is 0 Å². The SMILES string of the molecule is Cc1cn2cc(-c3cc(C)c4nc(C5(F)CCN(C(=O)O)CC5)[nH]c(=O)c4n3)cc(F)c2n1. The second kappa shape index (κ2) is 7.32. The fraction of sp³-hybridized carbons (Fsp3) is 0.318. The number of imidazole rings is 1. The highest BCUT2D eigenvalue weighted by molar-refractivity contribution is 5.81. The molecule has 0 bridgehead atoms. The summed E-state index contributed by atoms with van der Waals surface area (Å²) < 4.78 is 31.7. The number of hydrogen-bond donors (Lipinski definition) is 2. The van der Waals surface area contributed by atoms with Crippen LogP contribution in [0.1, 0.15) is 29.9 Å². The zero-order valence-electron chi connectivity index (χ0n) is 17.9. The van der Waals surface area contributed by atoms with Gasteiger partial charge in [-0.1, -0.05) is 0 Å². The Morgan fingerprint density at radius 1 is 1.12 bits per heavy atom. The van der Waals surface area contributed by atoms with Gasteiger partial charge in [0.05, 0.1) is 16.9 Å². The lowest BCUT2D eigenvalue weighted by atomic mass is 9.92. The van der Waals surface area contributed by atoms with Gasteiger partial charge in [-0.3, -0.25) is 4.79 Å². The average Bonchev–Trinajstić information content (AvgIpc) is 3.15. The molecule has 1 saturated heterocycles. The van der Waals surface area contributed by atoms with E-state index in [1.54, 1.807) is 36.7 Å². The first-order chi connectivity index (χ1) is 15.6. The molecule has 5 rings (SSSR count). The molecule has 0 atom stereocenters. The molecule has 1 aliphatic rings. The third-order valence-electron chi connectivity index (χ3n) is 6.03. The molecular weight excluding hydrogens is 434 g/mol. The van der Waals surface area contributed by atoms with Gasteiger partial charge in [-0.05, 0) is 31.5 Å². The van der Waals surface area contributed by atoms with Crippen LogP contribution in [-0.2, 0) is 5.67 Å². The number of carbonyl (C=O) groups is 1. The molecule has 4 aromatic heterocycles. The third kappa shape index (κ3) is 3.49. The highest BCUT2D eigenvalue weighted by Crippen LogP contribution is 2.35. The number of aryl methyl sites for hydroxylation is 2. The van der Waals surface area contributed by atoms with Gasteiger partial charge in [0, 0.05) is 43.9 Å². The molecule has 1 amide bonds. The number of fused-ring (bicyclic) bond motifs is 2. The van der Waals surface area contributed by atoms with Crippen LogP contribution in [0.15, 0.2) is 29.3 Å². The molecule has 5 heterocycles. The predicted molar refractivity (Wildman–Crippen MR) is 115 cm³/mol. The first-order valence-corrected chi connectivity index (χ1v) is 10.4. The maximum atomic E-state index is 15.6. The maximum Gasteiger partial charge on any atom is 0.407 e. The van der Waals surface area contributed by atoms with Gasteiger partial charge in [-0.25, -0.2) is 28.5 Å². The number of amides is 1. The number of pyridine rings is 2. The number of hydrogen-bond acceptors (Lipinski definition) is 5. The summed E-state index contributed by atoms with van der Waals surface area (Å²) in [5.74, 6) is -0.654. The lowest BCUT2D eigenvalue weighted by Gasteiger charge is -2.34. The molecule has 0 aromatic carbocycles. The van der Waals surface area contributed by atoms with Gasteiger partial charge in [0.25, 0.3) is 5.56 Å². The molecule has 170 valence electrons. The Hall–Kier alpha value is -3.89. The van der Waals surface area contributed by atoms with Crippen molar-refractivity contribution >= 4 is 22.8 Å². The Morgan fingerprint density at radius 2 is 1.85 bits per heavy atom. The number of H-pyrrole nitrogens is 1. The maximum absolute atomic E-state index is 15.6. The Balaban J connectivity index is 1.58. The number of nitrogens with one attached hydrogen (secondary N) is 1. The number of carboxylic acid groups (broad SMARTS) is 1. The molecule has 1 aliphatic heterocycles. The first-order valence-electron chi connectivity index (χ1n) is 10.4. The van der Waals surface area contributed by atoms with Crippen LogP contribution in [0.2, 0.25) is 0 Å². The van der Waals surface area contributed by atoms with Crippen LogP contribution in [0, 0.1) is 19.7 Å². The van der Waals surface area contributed by atoms with Crippen LogP contribution in [0.5, 0.6) is 0 Å². The second-order valence-corrected chi connectivity index (χ2v) is 8.36. The summed E-state index contributed by atoms with van der Waals surface area (Å²) in [6, 6.07) is 2.97. The predicted octanol–water partition coefficient (Wildman–Crippen LogP) is 3.33. The molecule has 0 spiro atoms. The fourth-order valence-corrected chi connectivity index (χ4v) is 4.24. The molecule has 2 N–H and O–H groups in total. The van der Waals surface area contributed by atoms with Crippen molar-refractivity contribution in [2.45, 2.75) is 32.4 Å². The van der Waals surface area contributed by atoms with Gasteiger partial charge in [0.15, 0.2) is 22.6 Å². The van der Waals surface area contributed by atoms with E-state index in [-0.39, 0.29) is 48.4 Å². The van der Waals surface area contributed by atoms with Gasteiger partial charge in [-0.15, -0.1) is 0 Å². The standard InChI is InChI=1S/C22H20F2N6O3/c1-11-7-15(13-8-14(23)18-25-12(2)9-30(18)10-13)26-17-16(11)27-20(28-19(17)31)22(24)3-5-29(6-4-22)21(32)33/h7-10H,3-6H2,1-2H3,(H,32,33)(H,27,28,31). The van der Waals surface area contributed by atoms with Gasteiger partial charge in [0.1, 0.15) is 5.82 Å². The highest BCUT2D eigenvalue weighted by Gasteiger charge is 2.40. The minimum atomic E-state index is -1.95. The third-order valence-corrected chi connectivity index (χ3v) is 6.03. The van der Waals surface area contributed by atoms with Crippen LogP contribution in [-0.4, -0.2) is 53.5 Å². The van der Waals surface area contributed by atoms with Crippen molar-refractivity contribution in [1.82, 2.24) is 29.2 Å². The minimum Gasteiger partial charge on any atom is -0.465 e. The van der Waals surface area contributed by atoms with E-state index in [0.717, 1.165) is 4.90 Å². The second-order valence-electron chi connectivity index (χ2n) is 8.36. The van der Waals surface area contributed by atoms with Crippen LogP contribution >= 0.6 is 0 Å². The number of alkyl halides is 1. The zero-order chi connectivity index (χ0) is 23.5. The smallest absolute Gasteiger partial charge is 0.407 e. The van der Waals surface area contributed by atoms with Crippen molar-refractivity contribution in [3.8, 4) is 11.3 Å². The molecule has 4 aromatic rings. The van der Waals surface area contributed by atoms with Crippen LogP contribution in [0.3, 0.4) is 0 Å². The number of aromatic amines is 1. The van der Waals surface area contributed by atoms with Crippen molar-refractivity contribution in [2.75, 3.05) is 13.1 Å². The molecule has 0 aliphatic carbocycles. The van der Waals surface area contributed by atoms with E-state index in [1.165, 1.54) is 6.07 Å². The largest absolute Gasteiger partial charge is 0.465 e. The van der Waals surface area contributed by atoms with E-state index in [9.17, 15) is 14.0 Å². The number of rotatable bonds is 2. The van der Waals surface area contributed by atoms with E-state index in [4.69, 9.17) is 5.11 Å². The number of likely N-dealkylation sites (tertiary alicyclic amines) is 1. The lowest BCUT2D eigenvalue weighted by Crippen LogP contribution is -2.44. The van der Waals surface area contributed by atoms with Gasteiger partial charge >= 0.3 is 6.09 Å². The Labute approximate surface area is 185 Å². The monoisotopic (exact) mass is 454 g/mol. The van der Waals surface area contributed by atoms with E-state index in [0.29, 0.717) is 22.5 Å². The summed E-state index contributed by atoms with van der Waals surface area (Å²) in [5, 5.41) is 9.09. The van der Waals surface area contributed by atoms with E-state index in [1.807, 2.05) is 0 Å². The Morgan fingerprint density at radius 3 is 2.55 bits per heavy atom. The first kappa shape index (κ1) is 21.0. The lowest BCUT2D eigenvalue weighted by molar-refractivity contribution is 0.0487. The number of aromatic nitrogens is 5. The van der Waals surface area contributed by atoms with Crippen molar-refractivity contribution in [3.63, 3.8) is 0 Å². The number of nitrogens with zero attached hydrogens (tertiary/aromatic N) is 5. The highest BCUT2D eigenvalue weighted by atomic mass is 19.1. The quantitative estimate of drug-likeness (QED) is 0.480. The molecule has 0 unspecified atom stereocenters. The topological polar surface area (TPSA) is 116 Å². The molecular formula is C22H20F2N6O3. The van der Waals surface area contributed by atoms with E-state index in [2.05, 4.69) is 19.9 Å². The average molecular weight is 454 g/mol. The minimum absolute atomic E-state index is 0.00547. The fourth-order valence-electron chi connectivity index (χ4n) is 4.24. The summed E-state index contributed by atoms with van der Waals surface area (Å²) in [6.45, 7) is 3.49. The normalized spacial score (nSPS) is 15.9. The summed E-state index contributed by atoms with van der Waals surface area (Å²) in [5.41, 5.74) is -0.0356. The van der Waals surface area contributed by atoms with Crippen molar-refractivity contribution in [3.05, 3.63) is 57.8 Å². The molecule has 0 saturated carbocycles. The molecule has 0 radical (unpaired) electrons. The summed E-state index contributed by atoms with van der Waals surface area (Å²) in [7, 11) is 0. The van der Waals surface area contributed by atoms with Crippen LogP contribution < -0.4 is 5.56 Å².